The number of benzene rings is 1. The van der Waals surface area contributed by atoms with E-state index in [9.17, 15) is 9.32 Å². The van der Waals surface area contributed by atoms with Gasteiger partial charge in [-0.15, -0.1) is 0 Å². The third kappa shape index (κ3) is 5.29. The van der Waals surface area contributed by atoms with Crippen molar-refractivity contribution >= 4 is 10.8 Å². The van der Waals surface area contributed by atoms with Gasteiger partial charge in [0, 0.05) is 11.4 Å². The van der Waals surface area contributed by atoms with Crippen LogP contribution in [-0.4, -0.2) is 37.7 Å². The lowest BCUT2D eigenvalue weighted by Crippen LogP contribution is -2.23. The molecule has 6 heteroatoms. The van der Waals surface area contributed by atoms with Gasteiger partial charge in [-0.2, -0.15) is 0 Å². The summed E-state index contributed by atoms with van der Waals surface area (Å²) in [6.45, 7) is 4.21. The third-order valence-electron chi connectivity index (χ3n) is 2.93. The van der Waals surface area contributed by atoms with Crippen LogP contribution in [0.3, 0.4) is 0 Å². The summed E-state index contributed by atoms with van der Waals surface area (Å²) in [5.74, 6) is 0.0671. The van der Waals surface area contributed by atoms with Crippen molar-refractivity contribution in [1.82, 2.24) is 9.97 Å². The molecule has 0 fully saturated rings. The van der Waals surface area contributed by atoms with Crippen molar-refractivity contribution in [2.24, 2.45) is 0 Å². The lowest BCUT2D eigenvalue weighted by Gasteiger charge is -2.11. The van der Waals surface area contributed by atoms with E-state index in [4.69, 9.17) is 4.74 Å². The van der Waals surface area contributed by atoms with Gasteiger partial charge in [0.15, 0.2) is 0 Å². The zero-order chi connectivity index (χ0) is 15.9. The molecule has 0 saturated carbocycles. The lowest BCUT2D eigenvalue weighted by atomic mass is 10.2. The molecule has 1 N–H and O–H groups in total. The van der Waals surface area contributed by atoms with E-state index in [2.05, 4.69) is 9.97 Å². The SMILES string of the molecule is Cc1cc(C)nc([S@](=O)C[C@H](O)COCc2ccccc2)n1. The number of hydrogen-bond donors (Lipinski definition) is 1. The molecule has 0 aliphatic heterocycles. The minimum atomic E-state index is -1.43. The van der Waals surface area contributed by atoms with E-state index in [1.165, 1.54) is 0 Å². The first kappa shape index (κ1) is 16.7. The molecule has 118 valence electrons. The predicted octanol–water partition coefficient (Wildman–Crippen LogP) is 1.78. The number of aromatic nitrogens is 2. The molecule has 1 aromatic carbocycles. The summed E-state index contributed by atoms with van der Waals surface area (Å²) in [4.78, 5) is 8.30. The predicted molar refractivity (Wildman–Crippen MR) is 84.9 cm³/mol. The summed E-state index contributed by atoms with van der Waals surface area (Å²) in [6.07, 6.45) is -0.811. The maximum Gasteiger partial charge on any atom is 0.219 e. The summed E-state index contributed by atoms with van der Waals surface area (Å²) in [6, 6.07) is 11.5. The fraction of sp³-hybridized carbons (Fsp3) is 0.375. The Morgan fingerprint density at radius 2 is 1.82 bits per heavy atom. The van der Waals surface area contributed by atoms with Gasteiger partial charge in [-0.25, -0.2) is 9.97 Å². The number of aryl methyl sites for hydroxylation is 2. The topological polar surface area (TPSA) is 72.3 Å². The number of aliphatic hydroxyl groups is 1. The van der Waals surface area contributed by atoms with Crippen molar-refractivity contribution in [1.29, 1.82) is 0 Å². The molecule has 0 saturated heterocycles. The number of ether oxygens (including phenoxy) is 1. The van der Waals surface area contributed by atoms with Crippen LogP contribution in [0, 0.1) is 13.8 Å². The third-order valence-corrected chi connectivity index (χ3v) is 4.21. The van der Waals surface area contributed by atoms with Gasteiger partial charge in [-0.3, -0.25) is 4.21 Å². The molecule has 1 heterocycles. The average Bonchev–Trinajstić information content (AvgIpc) is 2.47. The van der Waals surface area contributed by atoms with Crippen LogP contribution < -0.4 is 0 Å². The van der Waals surface area contributed by atoms with Crippen LogP contribution in [0.15, 0.2) is 41.6 Å². The Hall–Kier alpha value is -1.63. The highest BCUT2D eigenvalue weighted by atomic mass is 32.2. The molecule has 5 nitrogen and oxygen atoms in total. The van der Waals surface area contributed by atoms with Gasteiger partial charge in [0.25, 0.3) is 0 Å². The van der Waals surface area contributed by atoms with Gasteiger partial charge in [0.1, 0.15) is 0 Å². The van der Waals surface area contributed by atoms with Gasteiger partial charge < -0.3 is 9.84 Å². The molecule has 2 rings (SSSR count). The second kappa shape index (κ2) is 8.12. The minimum absolute atomic E-state index is 0.0671. The highest BCUT2D eigenvalue weighted by Gasteiger charge is 2.15. The van der Waals surface area contributed by atoms with Gasteiger partial charge in [0.05, 0.1) is 35.9 Å². The van der Waals surface area contributed by atoms with Crippen molar-refractivity contribution < 1.29 is 14.1 Å². The summed E-state index contributed by atoms with van der Waals surface area (Å²) in [7, 11) is -1.43. The van der Waals surface area contributed by atoms with E-state index in [1.807, 2.05) is 50.2 Å². The van der Waals surface area contributed by atoms with Crippen molar-refractivity contribution in [2.45, 2.75) is 31.7 Å². The monoisotopic (exact) mass is 320 g/mol. The first-order valence-corrected chi connectivity index (χ1v) is 8.37. The molecule has 0 amide bonds. The van der Waals surface area contributed by atoms with E-state index in [1.54, 1.807) is 0 Å². The van der Waals surface area contributed by atoms with Crippen LogP contribution in [-0.2, 0) is 22.1 Å². The summed E-state index contributed by atoms with van der Waals surface area (Å²) in [5, 5.41) is 10.2. The molecule has 2 atom stereocenters. The maximum absolute atomic E-state index is 12.2. The number of hydrogen-bond acceptors (Lipinski definition) is 5. The van der Waals surface area contributed by atoms with Gasteiger partial charge in [-0.05, 0) is 25.5 Å². The zero-order valence-electron chi connectivity index (χ0n) is 12.7. The second-order valence-corrected chi connectivity index (χ2v) is 6.49. The van der Waals surface area contributed by atoms with Gasteiger partial charge in [-0.1, -0.05) is 30.3 Å². The highest BCUT2D eigenvalue weighted by Crippen LogP contribution is 2.06. The summed E-state index contributed by atoms with van der Waals surface area (Å²) >= 11 is 0. The zero-order valence-corrected chi connectivity index (χ0v) is 13.5. The van der Waals surface area contributed by atoms with Crippen LogP contribution in [0.2, 0.25) is 0 Å². The van der Waals surface area contributed by atoms with E-state index < -0.39 is 16.9 Å². The van der Waals surface area contributed by atoms with Crippen LogP contribution in [0.4, 0.5) is 0 Å². The van der Waals surface area contributed by atoms with Crippen molar-refractivity contribution in [3.63, 3.8) is 0 Å². The quantitative estimate of drug-likeness (QED) is 0.787. The Balaban J connectivity index is 1.81. The summed E-state index contributed by atoms with van der Waals surface area (Å²) in [5.41, 5.74) is 2.57. The maximum atomic E-state index is 12.2. The molecule has 0 aliphatic rings. The number of aliphatic hydroxyl groups excluding tert-OH is 1. The Morgan fingerprint density at radius 3 is 2.45 bits per heavy atom. The standard InChI is InChI=1S/C16H20N2O3S/c1-12-8-13(2)18-16(17-12)22(20)11-15(19)10-21-9-14-6-4-3-5-7-14/h3-8,15,19H,9-11H2,1-2H3/t15-,22-/m1/s1. The van der Waals surface area contributed by atoms with E-state index in [0.717, 1.165) is 17.0 Å². The number of rotatable bonds is 7. The number of nitrogens with zero attached hydrogens (tertiary/aromatic N) is 2. The summed E-state index contributed by atoms with van der Waals surface area (Å²) < 4.78 is 17.6. The first-order chi connectivity index (χ1) is 10.5. The Kier molecular flexibility index (Phi) is 6.18. The van der Waals surface area contributed by atoms with E-state index >= 15 is 0 Å². The molecule has 0 spiro atoms. The Labute approximate surface area is 132 Å². The first-order valence-electron chi connectivity index (χ1n) is 7.05. The molecule has 0 bridgehead atoms. The minimum Gasteiger partial charge on any atom is -0.390 e. The van der Waals surface area contributed by atoms with Gasteiger partial charge in [0.2, 0.25) is 5.16 Å². The largest absolute Gasteiger partial charge is 0.390 e. The van der Waals surface area contributed by atoms with Crippen LogP contribution in [0.25, 0.3) is 0 Å². The fourth-order valence-corrected chi connectivity index (χ4v) is 3.07. The normalized spacial score (nSPS) is 13.8. The molecule has 22 heavy (non-hydrogen) atoms. The van der Waals surface area contributed by atoms with Crippen LogP contribution >= 0.6 is 0 Å². The molecule has 0 aliphatic carbocycles. The van der Waals surface area contributed by atoms with Crippen molar-refractivity contribution in [3.05, 3.63) is 53.3 Å². The van der Waals surface area contributed by atoms with Crippen molar-refractivity contribution in [3.8, 4) is 0 Å². The molecule has 1 aromatic heterocycles. The van der Waals surface area contributed by atoms with Crippen LogP contribution in [0.5, 0.6) is 0 Å². The Bertz CT molecular complexity index is 614. The second-order valence-electron chi connectivity index (χ2n) is 5.10. The molecular weight excluding hydrogens is 300 g/mol. The molecule has 2 aromatic rings. The lowest BCUT2D eigenvalue weighted by molar-refractivity contribution is 0.0394. The molecule has 0 radical (unpaired) electrons. The highest BCUT2D eigenvalue weighted by molar-refractivity contribution is 7.84. The van der Waals surface area contributed by atoms with E-state index in [0.29, 0.717) is 6.61 Å². The Morgan fingerprint density at radius 1 is 1.18 bits per heavy atom. The van der Waals surface area contributed by atoms with E-state index in [-0.39, 0.29) is 17.5 Å². The van der Waals surface area contributed by atoms with Gasteiger partial charge >= 0.3 is 0 Å². The molecular formula is C16H20N2O3S. The smallest absolute Gasteiger partial charge is 0.219 e. The fourth-order valence-electron chi connectivity index (χ4n) is 1.98. The van der Waals surface area contributed by atoms with Crippen molar-refractivity contribution in [2.75, 3.05) is 12.4 Å². The van der Waals surface area contributed by atoms with Crippen LogP contribution in [0.1, 0.15) is 17.0 Å². The average molecular weight is 320 g/mol. The molecule has 0 unspecified atom stereocenters.